The second kappa shape index (κ2) is 10.1. The molecule has 0 radical (unpaired) electrons. The Kier molecular flexibility index (Phi) is 7.73. The summed E-state index contributed by atoms with van der Waals surface area (Å²) in [5, 5.41) is 42.4. The highest BCUT2D eigenvalue weighted by atomic mass is 32.2. The van der Waals surface area contributed by atoms with Gasteiger partial charge in [0.15, 0.2) is 22.1 Å². The van der Waals surface area contributed by atoms with Gasteiger partial charge in [0.1, 0.15) is 6.10 Å². The first-order valence-electron chi connectivity index (χ1n) is 10.9. The summed E-state index contributed by atoms with van der Waals surface area (Å²) < 4.78 is 1.53. The van der Waals surface area contributed by atoms with E-state index >= 15 is 0 Å². The van der Waals surface area contributed by atoms with Crippen LogP contribution in [0.25, 0.3) is 11.2 Å². The van der Waals surface area contributed by atoms with Crippen LogP contribution < -0.4 is 5.32 Å². The Morgan fingerprint density at radius 2 is 2.03 bits per heavy atom. The fraction of sp³-hybridized carbons (Fsp3) is 0.667. The molecule has 0 amide bonds. The van der Waals surface area contributed by atoms with E-state index in [1.54, 1.807) is 0 Å². The van der Waals surface area contributed by atoms with Crippen LogP contribution in [0.1, 0.15) is 53.0 Å². The maximum Gasteiger partial charge on any atom is 0.327 e. The van der Waals surface area contributed by atoms with Gasteiger partial charge < -0.3 is 20.6 Å². The molecule has 4 N–H and O–H groups in total. The van der Waals surface area contributed by atoms with Crippen LogP contribution in [-0.2, 0) is 4.79 Å². The molecule has 1 fully saturated rings. The number of hydrogen-bond acceptors (Lipinski definition) is 9. The number of carboxylic acids is 1. The molecule has 0 aliphatic heterocycles. The molecule has 0 bridgehead atoms. The number of fused-ring (bicyclic) bond motifs is 1. The van der Waals surface area contributed by atoms with Crippen molar-refractivity contribution in [2.24, 2.45) is 11.3 Å². The van der Waals surface area contributed by atoms with E-state index in [-0.39, 0.29) is 5.41 Å². The normalized spacial score (nSPS) is 23.9. The molecule has 2 heterocycles. The van der Waals surface area contributed by atoms with Crippen LogP contribution in [0, 0.1) is 11.3 Å². The zero-order valence-electron chi connectivity index (χ0n) is 18.9. The van der Waals surface area contributed by atoms with Crippen molar-refractivity contribution >= 4 is 34.7 Å². The van der Waals surface area contributed by atoms with E-state index in [2.05, 4.69) is 53.3 Å². The lowest BCUT2D eigenvalue weighted by Gasteiger charge is -2.19. The Balaban J connectivity index is 1.94. The van der Waals surface area contributed by atoms with Gasteiger partial charge in [-0.05, 0) is 24.7 Å². The third-order valence-corrected chi connectivity index (χ3v) is 6.46. The Labute approximate surface area is 191 Å². The Bertz CT molecular complexity index is 973. The van der Waals surface area contributed by atoms with Gasteiger partial charge in [-0.3, -0.25) is 0 Å². The van der Waals surface area contributed by atoms with E-state index in [1.807, 2.05) is 0 Å². The monoisotopic (exact) mass is 464 g/mol. The highest BCUT2D eigenvalue weighted by molar-refractivity contribution is 7.99. The molecule has 4 unspecified atom stereocenters. The molecule has 1 saturated carbocycles. The molecule has 176 valence electrons. The van der Waals surface area contributed by atoms with Gasteiger partial charge in [0, 0.05) is 24.3 Å². The molecule has 10 nitrogen and oxygen atoms in total. The number of carboxylic acid groups (broad SMARTS) is 1. The summed E-state index contributed by atoms with van der Waals surface area (Å²) >= 11 is 1.54. The summed E-state index contributed by atoms with van der Waals surface area (Å²) in [5.41, 5.74) is 1.15. The predicted molar refractivity (Wildman–Crippen MR) is 123 cm³/mol. The fourth-order valence-corrected chi connectivity index (χ4v) is 4.35. The second-order valence-electron chi connectivity index (χ2n) is 9.29. The Morgan fingerprint density at radius 3 is 2.69 bits per heavy atom. The molecule has 3 rings (SSSR count). The van der Waals surface area contributed by atoms with Crippen molar-refractivity contribution in [3.05, 3.63) is 12.2 Å². The standard InChI is InChI=1S/C21H32N6O4S/c1-5-10-32-20-23-18(22-9-8-21(2,3)4)15-19(24-20)27(26-25-15)13-11-12(6-7-14(28)29)16(30)17(13)31/h6-7,12-13,16-17,30-31H,5,8-11H2,1-4H3,(H,28,29)(H,22,23,24). The first kappa shape index (κ1) is 24.4. The van der Waals surface area contributed by atoms with Gasteiger partial charge in [-0.15, -0.1) is 5.10 Å². The molecule has 0 saturated heterocycles. The van der Waals surface area contributed by atoms with E-state index in [1.165, 1.54) is 22.5 Å². The highest BCUT2D eigenvalue weighted by Crippen LogP contribution is 2.37. The average molecular weight is 465 g/mol. The van der Waals surface area contributed by atoms with Gasteiger partial charge in [0.05, 0.1) is 12.1 Å². The van der Waals surface area contributed by atoms with Gasteiger partial charge in [-0.25, -0.2) is 19.4 Å². The van der Waals surface area contributed by atoms with Crippen LogP contribution in [0.4, 0.5) is 5.82 Å². The number of thioether (sulfide) groups is 1. The quantitative estimate of drug-likeness (QED) is 0.248. The second-order valence-corrected chi connectivity index (χ2v) is 10.4. The van der Waals surface area contributed by atoms with Crippen molar-refractivity contribution in [1.29, 1.82) is 0 Å². The first-order chi connectivity index (χ1) is 15.1. The third kappa shape index (κ3) is 5.76. The molecular formula is C21H32N6O4S. The fourth-order valence-electron chi connectivity index (χ4n) is 3.65. The highest BCUT2D eigenvalue weighted by Gasteiger charge is 2.43. The Morgan fingerprint density at radius 1 is 1.28 bits per heavy atom. The third-order valence-electron chi connectivity index (χ3n) is 5.40. The molecule has 0 aromatic carbocycles. The molecule has 11 heteroatoms. The summed E-state index contributed by atoms with van der Waals surface area (Å²) in [7, 11) is 0. The summed E-state index contributed by atoms with van der Waals surface area (Å²) in [6.07, 6.45) is 2.40. The molecule has 4 atom stereocenters. The minimum atomic E-state index is -1.12. The smallest absolute Gasteiger partial charge is 0.327 e. The van der Waals surface area contributed by atoms with Crippen molar-refractivity contribution in [1.82, 2.24) is 25.0 Å². The number of aliphatic hydroxyl groups excluding tert-OH is 2. The first-order valence-corrected chi connectivity index (χ1v) is 11.9. The Hall–Kier alpha value is -2.24. The van der Waals surface area contributed by atoms with E-state index in [0.717, 1.165) is 24.7 Å². The lowest BCUT2D eigenvalue weighted by molar-refractivity contribution is -0.131. The van der Waals surface area contributed by atoms with E-state index in [9.17, 15) is 15.0 Å². The van der Waals surface area contributed by atoms with Gasteiger partial charge in [0.2, 0.25) is 0 Å². The van der Waals surface area contributed by atoms with E-state index in [0.29, 0.717) is 35.1 Å². The number of nitrogens with zero attached hydrogens (tertiary/aromatic N) is 5. The van der Waals surface area contributed by atoms with Crippen LogP contribution in [-0.4, -0.2) is 70.8 Å². The summed E-state index contributed by atoms with van der Waals surface area (Å²) in [6.45, 7) is 9.31. The van der Waals surface area contributed by atoms with Gasteiger partial charge in [-0.1, -0.05) is 50.7 Å². The van der Waals surface area contributed by atoms with Crippen LogP contribution in [0.5, 0.6) is 0 Å². The van der Waals surface area contributed by atoms with Crippen molar-refractivity contribution in [2.75, 3.05) is 17.6 Å². The lowest BCUT2D eigenvalue weighted by atomic mass is 9.92. The number of aliphatic hydroxyl groups is 2. The van der Waals surface area contributed by atoms with Crippen LogP contribution >= 0.6 is 11.8 Å². The van der Waals surface area contributed by atoms with Crippen molar-refractivity contribution in [3.63, 3.8) is 0 Å². The van der Waals surface area contributed by atoms with Crippen molar-refractivity contribution < 1.29 is 20.1 Å². The predicted octanol–water partition coefficient (Wildman–Crippen LogP) is 2.50. The number of carbonyl (C=O) groups is 1. The van der Waals surface area contributed by atoms with Gasteiger partial charge >= 0.3 is 5.97 Å². The number of aromatic nitrogens is 5. The summed E-state index contributed by atoms with van der Waals surface area (Å²) in [4.78, 5) is 20.1. The van der Waals surface area contributed by atoms with Crippen LogP contribution in [0.2, 0.25) is 0 Å². The molecule has 2 aromatic rings. The molecule has 2 aromatic heterocycles. The average Bonchev–Trinajstić information content (AvgIpc) is 3.25. The van der Waals surface area contributed by atoms with Gasteiger partial charge in [0.25, 0.3) is 0 Å². The number of hydrogen-bond donors (Lipinski definition) is 4. The summed E-state index contributed by atoms with van der Waals surface area (Å²) in [6, 6.07) is -0.584. The maximum absolute atomic E-state index is 10.9. The lowest BCUT2D eigenvalue weighted by Crippen LogP contribution is -2.29. The van der Waals surface area contributed by atoms with Crippen molar-refractivity contribution in [3.8, 4) is 0 Å². The largest absolute Gasteiger partial charge is 0.478 e. The molecule has 1 aliphatic carbocycles. The summed E-state index contributed by atoms with van der Waals surface area (Å²) in [5.74, 6) is -0.149. The number of aliphatic carboxylic acids is 1. The van der Waals surface area contributed by atoms with E-state index in [4.69, 9.17) is 5.11 Å². The minimum absolute atomic E-state index is 0.166. The topological polar surface area (TPSA) is 146 Å². The minimum Gasteiger partial charge on any atom is -0.478 e. The van der Waals surface area contributed by atoms with Crippen molar-refractivity contribution in [2.45, 2.75) is 70.4 Å². The van der Waals surface area contributed by atoms with Crippen LogP contribution in [0.15, 0.2) is 17.3 Å². The molecule has 1 aliphatic rings. The van der Waals surface area contributed by atoms with Gasteiger partial charge in [-0.2, -0.15) is 0 Å². The number of nitrogens with one attached hydrogen (secondary N) is 1. The molecular weight excluding hydrogens is 432 g/mol. The molecule has 0 spiro atoms. The molecule has 32 heavy (non-hydrogen) atoms. The number of rotatable bonds is 9. The SMILES string of the molecule is CCCSc1nc(NCCC(C)(C)C)c2nnn(C3CC(C=CC(=O)O)C(O)C3O)c2n1. The zero-order valence-corrected chi connectivity index (χ0v) is 19.7. The number of anilines is 1. The maximum atomic E-state index is 10.9. The van der Waals surface area contributed by atoms with Crippen LogP contribution in [0.3, 0.4) is 0 Å². The zero-order chi connectivity index (χ0) is 23.5. The van der Waals surface area contributed by atoms with E-state index < -0.39 is 30.1 Å².